The van der Waals surface area contributed by atoms with Crippen molar-refractivity contribution in [3.8, 4) is 11.3 Å². The summed E-state index contributed by atoms with van der Waals surface area (Å²) in [5.74, 6) is -0.445. The molecule has 0 fully saturated rings. The molecule has 2 aromatic carbocycles. The van der Waals surface area contributed by atoms with Gasteiger partial charge in [0.15, 0.2) is 5.65 Å². The van der Waals surface area contributed by atoms with E-state index in [0.717, 1.165) is 0 Å². The van der Waals surface area contributed by atoms with Crippen molar-refractivity contribution in [1.82, 2.24) is 14.8 Å². The van der Waals surface area contributed by atoms with Gasteiger partial charge in [0.1, 0.15) is 6.54 Å². The van der Waals surface area contributed by atoms with Crippen LogP contribution in [0.25, 0.3) is 22.3 Å². The Morgan fingerprint density at radius 2 is 1.87 bits per heavy atom. The molecule has 0 unspecified atom stereocenters. The van der Waals surface area contributed by atoms with Crippen LogP contribution in [-0.2, 0) is 11.3 Å². The number of hydrogen-bond donors (Lipinski definition) is 1. The zero-order valence-corrected chi connectivity index (χ0v) is 17.8. The second-order valence-corrected chi connectivity index (χ2v) is 7.64. The zero-order chi connectivity index (χ0) is 22.1. The highest BCUT2D eigenvalue weighted by molar-refractivity contribution is 6.43. The summed E-state index contributed by atoms with van der Waals surface area (Å²) in [5, 5.41) is 7.71. The third kappa shape index (κ3) is 4.24. The minimum absolute atomic E-state index is 0.175. The van der Waals surface area contributed by atoms with Crippen LogP contribution in [0.15, 0.2) is 54.6 Å². The molecule has 1 amide bonds. The van der Waals surface area contributed by atoms with Crippen LogP contribution in [0, 0.1) is 6.92 Å². The molecule has 0 saturated heterocycles. The van der Waals surface area contributed by atoms with Gasteiger partial charge in [-0.25, -0.2) is 18.4 Å². The Kier molecular flexibility index (Phi) is 5.89. The lowest BCUT2D eigenvalue weighted by atomic mass is 10.1. The maximum atomic E-state index is 13.8. The lowest BCUT2D eigenvalue weighted by molar-refractivity contribution is -0.116. The van der Waals surface area contributed by atoms with Crippen molar-refractivity contribution < 1.29 is 13.6 Å². The van der Waals surface area contributed by atoms with Gasteiger partial charge in [0.2, 0.25) is 5.91 Å². The minimum atomic E-state index is -2.72. The molecule has 9 heteroatoms. The molecule has 0 aliphatic carbocycles. The van der Waals surface area contributed by atoms with E-state index >= 15 is 0 Å². The zero-order valence-electron chi connectivity index (χ0n) is 16.2. The van der Waals surface area contributed by atoms with E-state index in [4.69, 9.17) is 23.2 Å². The number of fused-ring (bicyclic) bond motifs is 1. The molecule has 0 atom stereocenters. The summed E-state index contributed by atoms with van der Waals surface area (Å²) >= 11 is 12.1. The number of rotatable bonds is 5. The van der Waals surface area contributed by atoms with Crippen molar-refractivity contribution in [2.75, 3.05) is 5.32 Å². The van der Waals surface area contributed by atoms with E-state index in [1.807, 2.05) is 6.07 Å². The smallest absolute Gasteiger partial charge is 0.264 e. The number of amides is 1. The monoisotopic (exact) mass is 460 g/mol. The first-order valence-corrected chi connectivity index (χ1v) is 10.1. The molecule has 0 aliphatic heterocycles. The van der Waals surface area contributed by atoms with Gasteiger partial charge >= 0.3 is 0 Å². The molecule has 0 aliphatic rings. The van der Waals surface area contributed by atoms with Gasteiger partial charge in [-0.1, -0.05) is 59.6 Å². The number of aryl methyl sites for hydroxylation is 1. The van der Waals surface area contributed by atoms with Crippen molar-refractivity contribution in [1.29, 1.82) is 0 Å². The molecule has 158 valence electrons. The predicted octanol–water partition coefficient (Wildman–Crippen LogP) is 6.29. The highest BCUT2D eigenvalue weighted by Gasteiger charge is 2.22. The quantitative estimate of drug-likeness (QED) is 0.380. The number of pyridine rings is 1. The molecule has 0 radical (unpaired) electrons. The Bertz CT molecular complexity index is 1280. The molecule has 0 spiro atoms. The number of alkyl halides is 2. The standard InChI is InChI=1S/C22H16Cl2F2N4O/c1-12-19-14(21(25)26)10-17(13-6-3-2-4-7-13)28-22(19)30(29-12)11-18(31)27-16-9-5-8-15(23)20(16)24/h2-10,21H,11H2,1H3,(H,27,31). The first-order chi connectivity index (χ1) is 14.8. The van der Waals surface area contributed by atoms with E-state index < -0.39 is 12.3 Å². The number of nitrogens with zero attached hydrogens (tertiary/aromatic N) is 3. The lowest BCUT2D eigenvalue weighted by Gasteiger charge is -2.10. The number of halogens is 4. The first kappa shape index (κ1) is 21.2. The van der Waals surface area contributed by atoms with Crippen LogP contribution in [-0.4, -0.2) is 20.7 Å². The molecular weight excluding hydrogens is 445 g/mol. The predicted molar refractivity (Wildman–Crippen MR) is 118 cm³/mol. The molecule has 2 aromatic heterocycles. The first-order valence-electron chi connectivity index (χ1n) is 9.30. The Hall–Kier alpha value is -3.03. The normalized spacial score (nSPS) is 11.3. The fraction of sp³-hybridized carbons (Fsp3) is 0.136. The molecule has 4 rings (SSSR count). The van der Waals surface area contributed by atoms with Gasteiger partial charge in [-0.05, 0) is 25.1 Å². The van der Waals surface area contributed by atoms with E-state index in [2.05, 4.69) is 15.4 Å². The molecule has 2 heterocycles. The van der Waals surface area contributed by atoms with Gasteiger partial charge in [-0.3, -0.25) is 4.79 Å². The molecule has 5 nitrogen and oxygen atoms in total. The van der Waals surface area contributed by atoms with Crippen LogP contribution in [0.4, 0.5) is 14.5 Å². The van der Waals surface area contributed by atoms with Crippen LogP contribution < -0.4 is 5.32 Å². The molecule has 1 N–H and O–H groups in total. The summed E-state index contributed by atoms with van der Waals surface area (Å²) in [4.78, 5) is 17.2. The number of carbonyl (C=O) groups is 1. The van der Waals surface area contributed by atoms with Crippen molar-refractivity contribution in [2.24, 2.45) is 0 Å². The van der Waals surface area contributed by atoms with Gasteiger partial charge in [0, 0.05) is 11.1 Å². The van der Waals surface area contributed by atoms with Crippen LogP contribution in [0.3, 0.4) is 0 Å². The summed E-state index contributed by atoms with van der Waals surface area (Å²) in [5.41, 5.74) is 1.81. The van der Waals surface area contributed by atoms with E-state index in [0.29, 0.717) is 27.7 Å². The van der Waals surface area contributed by atoms with Crippen molar-refractivity contribution in [3.63, 3.8) is 0 Å². The summed E-state index contributed by atoms with van der Waals surface area (Å²) in [6.07, 6.45) is -2.72. The van der Waals surface area contributed by atoms with Crippen molar-refractivity contribution >= 4 is 45.8 Å². The summed E-state index contributed by atoms with van der Waals surface area (Å²) in [6, 6.07) is 15.2. The Morgan fingerprint density at radius 1 is 1.13 bits per heavy atom. The number of nitrogens with one attached hydrogen (secondary N) is 1. The van der Waals surface area contributed by atoms with Gasteiger partial charge in [0.25, 0.3) is 6.43 Å². The SMILES string of the molecule is Cc1nn(CC(=O)Nc2cccc(Cl)c2Cl)c2nc(-c3ccccc3)cc(C(F)F)c12. The van der Waals surface area contributed by atoms with Crippen molar-refractivity contribution in [2.45, 2.75) is 19.9 Å². The maximum Gasteiger partial charge on any atom is 0.264 e. The molecular formula is C22H16Cl2F2N4O. The number of anilines is 1. The van der Waals surface area contributed by atoms with Gasteiger partial charge < -0.3 is 5.32 Å². The highest BCUT2D eigenvalue weighted by atomic mass is 35.5. The van der Waals surface area contributed by atoms with E-state index in [-0.39, 0.29) is 28.2 Å². The Labute approximate surface area is 186 Å². The topological polar surface area (TPSA) is 59.8 Å². The third-order valence-corrected chi connectivity index (χ3v) is 5.55. The minimum Gasteiger partial charge on any atom is -0.323 e. The fourth-order valence-electron chi connectivity index (χ4n) is 3.35. The van der Waals surface area contributed by atoms with Gasteiger partial charge in [-0.2, -0.15) is 5.10 Å². The average molecular weight is 461 g/mol. The van der Waals surface area contributed by atoms with E-state index in [1.165, 1.54) is 10.7 Å². The molecule has 4 aromatic rings. The fourth-order valence-corrected chi connectivity index (χ4v) is 3.70. The maximum absolute atomic E-state index is 13.8. The number of carbonyl (C=O) groups excluding carboxylic acids is 1. The third-order valence-electron chi connectivity index (χ3n) is 4.73. The summed E-state index contributed by atoms with van der Waals surface area (Å²) in [6.45, 7) is 1.38. The molecule has 0 bridgehead atoms. The Balaban J connectivity index is 1.75. The molecule has 0 saturated carbocycles. The van der Waals surface area contributed by atoms with Crippen LogP contribution in [0.1, 0.15) is 17.7 Å². The second kappa shape index (κ2) is 8.61. The second-order valence-electron chi connectivity index (χ2n) is 6.85. The van der Waals surface area contributed by atoms with E-state index in [1.54, 1.807) is 49.4 Å². The van der Waals surface area contributed by atoms with Crippen LogP contribution >= 0.6 is 23.2 Å². The number of hydrogen-bond acceptors (Lipinski definition) is 3. The average Bonchev–Trinajstić information content (AvgIpc) is 3.06. The summed E-state index contributed by atoms with van der Waals surface area (Å²) in [7, 11) is 0. The highest BCUT2D eigenvalue weighted by Crippen LogP contribution is 2.33. The number of aromatic nitrogens is 3. The van der Waals surface area contributed by atoms with Gasteiger partial charge in [0.05, 0.1) is 32.5 Å². The van der Waals surface area contributed by atoms with Crippen LogP contribution in [0.2, 0.25) is 10.0 Å². The largest absolute Gasteiger partial charge is 0.323 e. The van der Waals surface area contributed by atoms with Crippen LogP contribution in [0.5, 0.6) is 0 Å². The van der Waals surface area contributed by atoms with E-state index in [9.17, 15) is 13.6 Å². The lowest BCUT2D eigenvalue weighted by Crippen LogP contribution is -2.20. The Morgan fingerprint density at radius 3 is 2.58 bits per heavy atom. The summed E-state index contributed by atoms with van der Waals surface area (Å²) < 4.78 is 29.0. The van der Waals surface area contributed by atoms with Gasteiger partial charge in [-0.15, -0.1) is 0 Å². The molecule has 31 heavy (non-hydrogen) atoms. The van der Waals surface area contributed by atoms with Crippen molar-refractivity contribution in [3.05, 3.63) is 75.9 Å². The number of benzene rings is 2.